The van der Waals surface area contributed by atoms with Gasteiger partial charge in [0.15, 0.2) is 0 Å². The first-order valence-electron chi connectivity index (χ1n) is 5.69. The van der Waals surface area contributed by atoms with E-state index in [4.69, 9.17) is 10.5 Å². The second kappa shape index (κ2) is 5.46. The van der Waals surface area contributed by atoms with Gasteiger partial charge in [0.05, 0.1) is 39.5 Å². The monoisotopic (exact) mass is 337 g/mol. The first kappa shape index (κ1) is 14.3. The van der Waals surface area contributed by atoms with Crippen molar-refractivity contribution in [3.63, 3.8) is 0 Å². The smallest absolute Gasteiger partial charge is 0.281 e. The van der Waals surface area contributed by atoms with Crippen LogP contribution in [0.25, 0.3) is 11.1 Å². The molecule has 0 unspecified atom stereocenters. The Kier molecular flexibility index (Phi) is 3.89. The third-order valence-electron chi connectivity index (χ3n) is 2.95. The molecule has 0 aliphatic heterocycles. The Morgan fingerprint density at radius 3 is 2.70 bits per heavy atom. The van der Waals surface area contributed by atoms with Crippen LogP contribution in [0.4, 0.5) is 11.4 Å². The van der Waals surface area contributed by atoms with Gasteiger partial charge in [0.25, 0.3) is 5.69 Å². The molecule has 0 saturated carbocycles. The van der Waals surface area contributed by atoms with Gasteiger partial charge in [-0.3, -0.25) is 15.1 Å². The van der Waals surface area contributed by atoms with E-state index in [1.165, 1.54) is 13.2 Å². The first-order valence-corrected chi connectivity index (χ1v) is 6.48. The number of halogens is 1. The molecular weight excluding hydrogens is 326 g/mol. The third-order valence-corrected chi connectivity index (χ3v) is 3.57. The lowest BCUT2D eigenvalue weighted by molar-refractivity contribution is -0.384. The molecular formula is C13H12BrN3O3. The number of nitrogens with two attached hydrogens (primary N) is 1. The minimum absolute atomic E-state index is 0.0673. The topological polar surface area (TPSA) is 91.3 Å². The molecule has 7 heteroatoms. The van der Waals surface area contributed by atoms with E-state index in [1.807, 2.05) is 0 Å². The Hall–Kier alpha value is -2.15. The highest BCUT2D eigenvalue weighted by molar-refractivity contribution is 9.10. The molecule has 0 atom stereocenters. The lowest BCUT2D eigenvalue weighted by Crippen LogP contribution is -1.99. The normalized spacial score (nSPS) is 10.3. The van der Waals surface area contributed by atoms with E-state index in [2.05, 4.69) is 20.9 Å². The molecule has 0 saturated heterocycles. The number of pyridine rings is 1. The number of nitrogens with zero attached hydrogens (tertiary/aromatic N) is 2. The van der Waals surface area contributed by atoms with Crippen LogP contribution < -0.4 is 10.5 Å². The van der Waals surface area contributed by atoms with Crippen molar-refractivity contribution in [3.05, 3.63) is 44.7 Å². The predicted octanol–water partition coefficient (Wildman–Crippen LogP) is 3.32. The molecule has 0 radical (unpaired) electrons. The Balaban J connectivity index is 2.76. The molecule has 0 amide bonds. The number of anilines is 1. The minimum atomic E-state index is -0.459. The summed E-state index contributed by atoms with van der Waals surface area (Å²) >= 11 is 3.33. The number of ether oxygens (including phenoxy) is 1. The fraction of sp³-hybridized carbons (Fsp3) is 0.154. The van der Waals surface area contributed by atoms with Crippen molar-refractivity contribution in [2.45, 2.75) is 6.92 Å². The summed E-state index contributed by atoms with van der Waals surface area (Å²) in [5, 5.41) is 11.2. The number of aryl methyl sites for hydroxylation is 1. The molecule has 2 N–H and O–H groups in total. The van der Waals surface area contributed by atoms with E-state index in [-0.39, 0.29) is 5.69 Å². The van der Waals surface area contributed by atoms with Crippen molar-refractivity contribution in [3.8, 4) is 16.9 Å². The lowest BCUT2D eigenvalue weighted by Gasteiger charge is -2.11. The maximum atomic E-state index is 11.2. The molecule has 2 rings (SSSR count). The molecule has 6 nitrogen and oxygen atoms in total. The lowest BCUT2D eigenvalue weighted by atomic mass is 10.0. The summed E-state index contributed by atoms with van der Waals surface area (Å²) < 4.78 is 5.71. The Morgan fingerprint density at radius 2 is 2.10 bits per heavy atom. The Bertz CT molecular complexity index is 689. The molecule has 20 heavy (non-hydrogen) atoms. The van der Waals surface area contributed by atoms with Crippen LogP contribution in [0.5, 0.6) is 5.75 Å². The zero-order valence-electron chi connectivity index (χ0n) is 10.9. The fourth-order valence-corrected chi connectivity index (χ4v) is 2.38. The van der Waals surface area contributed by atoms with Crippen LogP contribution in [0, 0.1) is 17.0 Å². The minimum Gasteiger partial charge on any atom is -0.495 e. The number of aromatic nitrogens is 1. The van der Waals surface area contributed by atoms with E-state index in [9.17, 15) is 10.1 Å². The van der Waals surface area contributed by atoms with E-state index < -0.39 is 4.92 Å². The van der Waals surface area contributed by atoms with Crippen LogP contribution in [0.1, 0.15) is 5.69 Å². The molecule has 0 bridgehead atoms. The second-order valence-electron chi connectivity index (χ2n) is 4.12. The average Bonchev–Trinajstić information content (AvgIpc) is 2.41. The van der Waals surface area contributed by atoms with Crippen molar-refractivity contribution >= 4 is 27.3 Å². The van der Waals surface area contributed by atoms with Crippen LogP contribution in [-0.4, -0.2) is 17.0 Å². The zero-order valence-corrected chi connectivity index (χ0v) is 12.5. The molecule has 1 aromatic carbocycles. The number of nitro benzene ring substituents is 1. The summed E-state index contributed by atoms with van der Waals surface area (Å²) in [6, 6.07) is 4.65. The quantitative estimate of drug-likeness (QED) is 0.685. The van der Waals surface area contributed by atoms with Crippen molar-refractivity contribution < 1.29 is 9.66 Å². The molecule has 0 fully saturated rings. The van der Waals surface area contributed by atoms with Gasteiger partial charge in [0.2, 0.25) is 0 Å². The second-order valence-corrected chi connectivity index (χ2v) is 4.97. The maximum absolute atomic E-state index is 11.2. The van der Waals surface area contributed by atoms with E-state index in [0.717, 1.165) is 0 Å². The Morgan fingerprint density at radius 1 is 1.40 bits per heavy atom. The van der Waals surface area contributed by atoms with Gasteiger partial charge in [0, 0.05) is 11.8 Å². The fourth-order valence-electron chi connectivity index (χ4n) is 1.88. The number of methoxy groups -OCH3 is 1. The van der Waals surface area contributed by atoms with Gasteiger partial charge in [-0.25, -0.2) is 0 Å². The predicted molar refractivity (Wildman–Crippen MR) is 79.7 cm³/mol. The van der Waals surface area contributed by atoms with Crippen LogP contribution in [0.3, 0.4) is 0 Å². The molecule has 1 aromatic heterocycles. The molecule has 0 spiro atoms. The molecule has 104 valence electrons. The molecule has 2 aromatic rings. The number of rotatable bonds is 3. The largest absolute Gasteiger partial charge is 0.495 e. The van der Waals surface area contributed by atoms with Gasteiger partial charge in [-0.1, -0.05) is 0 Å². The number of nitro groups is 1. The van der Waals surface area contributed by atoms with Crippen LogP contribution in [0.15, 0.2) is 28.9 Å². The number of hydrogen-bond donors (Lipinski definition) is 1. The van der Waals surface area contributed by atoms with Gasteiger partial charge in [0.1, 0.15) is 5.75 Å². The van der Waals surface area contributed by atoms with Crippen molar-refractivity contribution in [2.75, 3.05) is 12.8 Å². The van der Waals surface area contributed by atoms with Gasteiger partial charge < -0.3 is 10.5 Å². The summed E-state index contributed by atoms with van der Waals surface area (Å²) in [5.41, 5.74) is 7.96. The van der Waals surface area contributed by atoms with Crippen LogP contribution in [-0.2, 0) is 0 Å². The summed E-state index contributed by atoms with van der Waals surface area (Å²) in [7, 11) is 1.45. The highest BCUT2D eigenvalue weighted by Gasteiger charge is 2.21. The summed E-state index contributed by atoms with van der Waals surface area (Å²) in [6.45, 7) is 1.75. The Labute approximate surface area is 123 Å². The highest BCUT2D eigenvalue weighted by atomic mass is 79.9. The molecule has 0 aliphatic carbocycles. The van der Waals surface area contributed by atoms with Gasteiger partial charge >= 0.3 is 0 Å². The van der Waals surface area contributed by atoms with Crippen LogP contribution >= 0.6 is 15.9 Å². The number of benzene rings is 1. The van der Waals surface area contributed by atoms with Crippen LogP contribution in [0.2, 0.25) is 0 Å². The highest BCUT2D eigenvalue weighted by Crippen LogP contribution is 2.40. The first-order chi connectivity index (χ1) is 9.45. The third kappa shape index (κ3) is 2.44. The molecule has 0 aliphatic rings. The summed E-state index contributed by atoms with van der Waals surface area (Å²) in [4.78, 5) is 14.9. The van der Waals surface area contributed by atoms with Crippen molar-refractivity contribution in [1.29, 1.82) is 0 Å². The van der Waals surface area contributed by atoms with Gasteiger partial charge in [-0.05, 0) is 35.0 Å². The van der Waals surface area contributed by atoms with Gasteiger partial charge in [-0.2, -0.15) is 0 Å². The summed E-state index contributed by atoms with van der Waals surface area (Å²) in [6.07, 6.45) is 1.57. The van der Waals surface area contributed by atoms with E-state index in [1.54, 1.807) is 25.3 Å². The van der Waals surface area contributed by atoms with Crippen molar-refractivity contribution in [1.82, 2.24) is 4.98 Å². The summed E-state index contributed by atoms with van der Waals surface area (Å²) in [5.74, 6) is 0.393. The SMILES string of the molecule is COc1cc([N+](=O)[O-])c(-c2ccnc(C)c2N)cc1Br. The molecule has 1 heterocycles. The van der Waals surface area contributed by atoms with Gasteiger partial charge in [-0.15, -0.1) is 0 Å². The maximum Gasteiger partial charge on any atom is 0.281 e. The number of nitrogen functional groups attached to an aromatic ring is 1. The van der Waals surface area contributed by atoms with Crippen molar-refractivity contribution in [2.24, 2.45) is 0 Å². The van der Waals surface area contributed by atoms with E-state index in [0.29, 0.717) is 32.7 Å². The number of hydrogen-bond acceptors (Lipinski definition) is 5. The standard InChI is InChI=1S/C13H12BrN3O3/c1-7-13(15)8(3-4-16-7)9-5-10(14)12(20-2)6-11(9)17(18)19/h3-6H,15H2,1-2H3. The van der Waals surface area contributed by atoms with E-state index >= 15 is 0 Å². The average molecular weight is 338 g/mol. The zero-order chi connectivity index (χ0) is 14.9.